The number of amides is 1. The first kappa shape index (κ1) is 14.9. The predicted octanol–water partition coefficient (Wildman–Crippen LogP) is 3.58. The van der Waals surface area contributed by atoms with Crippen molar-refractivity contribution in [1.29, 1.82) is 0 Å². The zero-order chi connectivity index (χ0) is 15.5. The Hall–Kier alpha value is -1.99. The van der Waals surface area contributed by atoms with Crippen LogP contribution in [0.5, 0.6) is 0 Å². The summed E-state index contributed by atoms with van der Waals surface area (Å²) in [5.74, 6) is -0.0662. The third-order valence-corrected chi connectivity index (χ3v) is 4.84. The van der Waals surface area contributed by atoms with E-state index < -0.39 is 0 Å². The number of hydrogen-bond donors (Lipinski definition) is 1. The van der Waals surface area contributed by atoms with Gasteiger partial charge in [0.25, 0.3) is 5.91 Å². The number of thiophene rings is 1. The van der Waals surface area contributed by atoms with Crippen molar-refractivity contribution < 1.29 is 4.79 Å². The second kappa shape index (κ2) is 6.41. The Morgan fingerprint density at radius 3 is 2.64 bits per heavy atom. The monoisotopic (exact) mass is 376 g/mol. The molecule has 1 atom stereocenters. The molecule has 1 N–H and O–H groups in total. The molecule has 1 aromatic carbocycles. The highest BCUT2D eigenvalue weighted by atomic mass is 79.9. The lowest BCUT2D eigenvalue weighted by Crippen LogP contribution is -2.25. The molecule has 2 aromatic heterocycles. The molecule has 0 saturated carbocycles. The van der Waals surface area contributed by atoms with Crippen LogP contribution in [0.2, 0.25) is 0 Å². The van der Waals surface area contributed by atoms with Gasteiger partial charge in [-0.15, -0.1) is 11.3 Å². The van der Waals surface area contributed by atoms with Gasteiger partial charge in [0.1, 0.15) is 12.7 Å². The first-order chi connectivity index (χ1) is 10.6. The van der Waals surface area contributed by atoms with E-state index in [1.54, 1.807) is 11.0 Å². The SMILES string of the molecule is CC(NC(=O)c1ccc(Br)s1)c1ccc(-n2cncn2)cc1. The van der Waals surface area contributed by atoms with Crippen molar-refractivity contribution in [2.45, 2.75) is 13.0 Å². The number of carbonyl (C=O) groups is 1. The van der Waals surface area contributed by atoms with Crippen LogP contribution in [0.3, 0.4) is 0 Å². The molecular formula is C15H13BrN4OS. The van der Waals surface area contributed by atoms with E-state index in [0.29, 0.717) is 4.88 Å². The van der Waals surface area contributed by atoms with Gasteiger partial charge in [0, 0.05) is 0 Å². The molecule has 3 rings (SSSR count). The molecule has 0 bridgehead atoms. The van der Waals surface area contributed by atoms with Crippen molar-refractivity contribution in [3.05, 3.63) is 63.3 Å². The molecule has 5 nitrogen and oxygen atoms in total. The predicted molar refractivity (Wildman–Crippen MR) is 89.3 cm³/mol. The van der Waals surface area contributed by atoms with Crippen LogP contribution in [0.15, 0.2) is 52.8 Å². The van der Waals surface area contributed by atoms with Crippen molar-refractivity contribution in [2.75, 3.05) is 0 Å². The maximum atomic E-state index is 12.2. The minimum atomic E-state index is -0.0711. The molecule has 0 saturated heterocycles. The van der Waals surface area contributed by atoms with Gasteiger partial charge in [-0.25, -0.2) is 9.67 Å². The van der Waals surface area contributed by atoms with E-state index in [-0.39, 0.29) is 11.9 Å². The normalized spacial score (nSPS) is 12.1. The Bertz CT molecular complexity index is 767. The highest BCUT2D eigenvalue weighted by molar-refractivity contribution is 9.11. The molecule has 0 aliphatic carbocycles. The summed E-state index contributed by atoms with van der Waals surface area (Å²) in [5.41, 5.74) is 1.97. The first-order valence-electron chi connectivity index (χ1n) is 6.64. The molecule has 7 heteroatoms. The van der Waals surface area contributed by atoms with Crippen molar-refractivity contribution >= 4 is 33.2 Å². The zero-order valence-electron chi connectivity index (χ0n) is 11.7. The third-order valence-electron chi connectivity index (χ3n) is 3.22. The van der Waals surface area contributed by atoms with E-state index in [9.17, 15) is 4.79 Å². The summed E-state index contributed by atoms with van der Waals surface area (Å²) in [7, 11) is 0. The molecule has 0 radical (unpaired) electrons. The van der Waals surface area contributed by atoms with Crippen LogP contribution in [-0.4, -0.2) is 20.7 Å². The van der Waals surface area contributed by atoms with E-state index in [0.717, 1.165) is 15.0 Å². The van der Waals surface area contributed by atoms with Gasteiger partial charge in [-0.05, 0) is 52.7 Å². The lowest BCUT2D eigenvalue weighted by atomic mass is 10.1. The smallest absolute Gasteiger partial charge is 0.261 e. The summed E-state index contributed by atoms with van der Waals surface area (Å²) in [6.45, 7) is 1.96. The Balaban J connectivity index is 1.69. The maximum Gasteiger partial charge on any atom is 0.261 e. The van der Waals surface area contributed by atoms with Gasteiger partial charge in [0.05, 0.1) is 20.4 Å². The third kappa shape index (κ3) is 3.26. The average Bonchev–Trinajstić information content (AvgIpc) is 3.18. The van der Waals surface area contributed by atoms with Crippen molar-refractivity contribution in [3.63, 3.8) is 0 Å². The summed E-state index contributed by atoms with van der Waals surface area (Å²) in [5, 5.41) is 7.08. The molecule has 0 aliphatic rings. The Morgan fingerprint density at radius 2 is 2.05 bits per heavy atom. The van der Waals surface area contributed by atoms with Crippen molar-refractivity contribution in [3.8, 4) is 5.69 Å². The Morgan fingerprint density at radius 1 is 1.27 bits per heavy atom. The minimum Gasteiger partial charge on any atom is -0.345 e. The van der Waals surface area contributed by atoms with Crippen LogP contribution < -0.4 is 5.32 Å². The fraction of sp³-hybridized carbons (Fsp3) is 0.133. The quantitative estimate of drug-likeness (QED) is 0.756. The van der Waals surface area contributed by atoms with Gasteiger partial charge in [-0.3, -0.25) is 4.79 Å². The van der Waals surface area contributed by atoms with E-state index in [1.807, 2.05) is 43.3 Å². The minimum absolute atomic E-state index is 0.0662. The lowest BCUT2D eigenvalue weighted by Gasteiger charge is -2.14. The Labute approximate surface area is 140 Å². The van der Waals surface area contributed by atoms with Gasteiger partial charge in [-0.1, -0.05) is 12.1 Å². The first-order valence-corrected chi connectivity index (χ1v) is 8.25. The zero-order valence-corrected chi connectivity index (χ0v) is 14.1. The van der Waals surface area contributed by atoms with Crippen LogP contribution in [-0.2, 0) is 0 Å². The van der Waals surface area contributed by atoms with E-state index in [1.165, 1.54) is 17.7 Å². The standard InChI is InChI=1S/C15H13BrN4OS/c1-10(19-15(21)13-6-7-14(16)22-13)11-2-4-12(5-3-11)20-9-17-8-18-20/h2-10H,1H3,(H,19,21). The molecule has 3 aromatic rings. The fourth-order valence-corrected chi connectivity index (χ4v) is 3.33. The molecule has 0 aliphatic heterocycles. The molecule has 1 unspecified atom stereocenters. The highest BCUT2D eigenvalue weighted by Gasteiger charge is 2.13. The number of hydrogen-bond acceptors (Lipinski definition) is 4. The van der Waals surface area contributed by atoms with Crippen molar-refractivity contribution in [2.24, 2.45) is 0 Å². The van der Waals surface area contributed by atoms with Crippen LogP contribution >= 0.6 is 27.3 Å². The summed E-state index contributed by atoms with van der Waals surface area (Å²) in [6.07, 6.45) is 3.14. The summed E-state index contributed by atoms with van der Waals surface area (Å²) in [4.78, 5) is 16.8. The van der Waals surface area contributed by atoms with Gasteiger partial charge < -0.3 is 5.32 Å². The number of rotatable bonds is 4. The second-order valence-electron chi connectivity index (χ2n) is 4.73. The van der Waals surface area contributed by atoms with Crippen molar-refractivity contribution in [1.82, 2.24) is 20.1 Å². The number of halogens is 1. The lowest BCUT2D eigenvalue weighted by molar-refractivity contribution is 0.0944. The van der Waals surface area contributed by atoms with Crippen LogP contribution in [0.25, 0.3) is 5.69 Å². The Kier molecular flexibility index (Phi) is 4.35. The molecule has 1 amide bonds. The molecule has 22 heavy (non-hydrogen) atoms. The number of nitrogens with zero attached hydrogens (tertiary/aromatic N) is 3. The molecule has 112 valence electrons. The number of benzene rings is 1. The van der Waals surface area contributed by atoms with Gasteiger partial charge in [-0.2, -0.15) is 5.10 Å². The van der Waals surface area contributed by atoms with E-state index >= 15 is 0 Å². The summed E-state index contributed by atoms with van der Waals surface area (Å²) in [6, 6.07) is 11.5. The van der Waals surface area contributed by atoms with Gasteiger partial charge >= 0.3 is 0 Å². The van der Waals surface area contributed by atoms with E-state index in [4.69, 9.17) is 0 Å². The van der Waals surface area contributed by atoms with Crippen LogP contribution in [0.1, 0.15) is 28.2 Å². The highest BCUT2D eigenvalue weighted by Crippen LogP contribution is 2.23. The fourth-order valence-electron chi connectivity index (χ4n) is 2.04. The summed E-state index contributed by atoms with van der Waals surface area (Å²) < 4.78 is 2.64. The molecule has 0 spiro atoms. The van der Waals surface area contributed by atoms with Crippen LogP contribution in [0.4, 0.5) is 0 Å². The van der Waals surface area contributed by atoms with E-state index in [2.05, 4.69) is 31.3 Å². The molecule has 2 heterocycles. The van der Waals surface area contributed by atoms with Crippen LogP contribution in [0, 0.1) is 0 Å². The maximum absolute atomic E-state index is 12.2. The average molecular weight is 377 g/mol. The van der Waals surface area contributed by atoms with Gasteiger partial charge in [0.15, 0.2) is 0 Å². The molecular weight excluding hydrogens is 364 g/mol. The number of nitrogens with one attached hydrogen (secondary N) is 1. The largest absolute Gasteiger partial charge is 0.345 e. The van der Waals surface area contributed by atoms with Gasteiger partial charge in [0.2, 0.25) is 0 Å². The topological polar surface area (TPSA) is 59.8 Å². The number of aromatic nitrogens is 3. The second-order valence-corrected chi connectivity index (χ2v) is 7.19. The summed E-state index contributed by atoms with van der Waals surface area (Å²) >= 11 is 4.78. The number of carbonyl (C=O) groups excluding carboxylic acids is 1. The molecule has 0 fully saturated rings.